The molecule has 1 aliphatic heterocycles. The van der Waals surface area contributed by atoms with Crippen LogP contribution >= 0.6 is 23.4 Å². The Balaban J connectivity index is 1.60. The number of halogens is 1. The zero-order chi connectivity index (χ0) is 20.1. The van der Waals surface area contributed by atoms with Crippen molar-refractivity contribution < 1.29 is 9.47 Å². The molecule has 1 aliphatic rings. The molecule has 1 fully saturated rings. The van der Waals surface area contributed by atoms with Crippen molar-refractivity contribution >= 4 is 29.3 Å². The Morgan fingerprint density at radius 1 is 1.10 bits per heavy atom. The molecular weight excluding hydrogens is 408 g/mol. The summed E-state index contributed by atoms with van der Waals surface area (Å²) in [6.45, 7) is 3.77. The Hall–Kier alpha value is -2.22. The van der Waals surface area contributed by atoms with Gasteiger partial charge in [-0.25, -0.2) is 0 Å². The first kappa shape index (κ1) is 20.1. The Kier molecular flexibility index (Phi) is 6.59. The Morgan fingerprint density at radius 3 is 2.66 bits per heavy atom. The quantitative estimate of drug-likeness (QED) is 0.525. The van der Waals surface area contributed by atoms with Crippen molar-refractivity contribution in [2.75, 3.05) is 38.3 Å². The fourth-order valence-corrected chi connectivity index (χ4v) is 4.40. The summed E-state index contributed by atoms with van der Waals surface area (Å²) in [4.78, 5) is 2.24. The van der Waals surface area contributed by atoms with Crippen LogP contribution in [0.2, 0.25) is 5.02 Å². The minimum atomic E-state index is 0.694. The average molecular weight is 431 g/mol. The lowest BCUT2D eigenvalue weighted by molar-refractivity contribution is 0.121. The summed E-state index contributed by atoms with van der Waals surface area (Å²) in [6, 6.07) is 16.0. The molecule has 0 bridgehead atoms. The SMILES string of the molecule is COc1ccc(Cl)cc1CSc1nnc(N2CCOCC2)n1Cc1ccccc1. The number of ether oxygens (including phenoxy) is 2. The van der Waals surface area contributed by atoms with Gasteiger partial charge in [0, 0.05) is 29.4 Å². The van der Waals surface area contributed by atoms with Crippen LogP contribution in [0.3, 0.4) is 0 Å². The van der Waals surface area contributed by atoms with E-state index in [1.165, 1.54) is 5.56 Å². The van der Waals surface area contributed by atoms with Gasteiger partial charge in [-0.3, -0.25) is 4.57 Å². The van der Waals surface area contributed by atoms with E-state index in [9.17, 15) is 0 Å². The van der Waals surface area contributed by atoms with Gasteiger partial charge in [0.2, 0.25) is 5.95 Å². The molecule has 0 spiro atoms. The maximum Gasteiger partial charge on any atom is 0.228 e. The van der Waals surface area contributed by atoms with Gasteiger partial charge < -0.3 is 14.4 Å². The van der Waals surface area contributed by atoms with Crippen LogP contribution in [-0.2, 0) is 17.0 Å². The zero-order valence-electron chi connectivity index (χ0n) is 16.3. The van der Waals surface area contributed by atoms with Crippen LogP contribution in [0.4, 0.5) is 5.95 Å². The predicted octanol–water partition coefficient (Wildman–Crippen LogP) is 4.12. The van der Waals surface area contributed by atoms with E-state index in [1.807, 2.05) is 24.3 Å². The van der Waals surface area contributed by atoms with Crippen molar-refractivity contribution in [2.24, 2.45) is 0 Å². The fraction of sp³-hybridized carbons (Fsp3) is 0.333. The number of hydrogen-bond acceptors (Lipinski definition) is 6. The molecule has 0 unspecified atom stereocenters. The number of anilines is 1. The smallest absolute Gasteiger partial charge is 0.228 e. The van der Waals surface area contributed by atoms with Crippen LogP contribution in [-0.4, -0.2) is 48.2 Å². The van der Waals surface area contributed by atoms with Gasteiger partial charge in [-0.2, -0.15) is 0 Å². The van der Waals surface area contributed by atoms with Gasteiger partial charge in [-0.1, -0.05) is 53.7 Å². The van der Waals surface area contributed by atoms with Gasteiger partial charge in [-0.05, 0) is 23.8 Å². The van der Waals surface area contributed by atoms with Crippen molar-refractivity contribution in [2.45, 2.75) is 17.5 Å². The molecule has 152 valence electrons. The lowest BCUT2D eigenvalue weighted by Crippen LogP contribution is -2.38. The molecule has 1 aromatic heterocycles. The number of hydrogen-bond donors (Lipinski definition) is 0. The second kappa shape index (κ2) is 9.52. The highest BCUT2D eigenvalue weighted by Gasteiger charge is 2.21. The number of aromatic nitrogens is 3. The maximum atomic E-state index is 6.18. The second-order valence-corrected chi connectivity index (χ2v) is 8.08. The van der Waals surface area contributed by atoms with Gasteiger partial charge in [0.15, 0.2) is 5.16 Å². The van der Waals surface area contributed by atoms with Crippen LogP contribution in [0, 0.1) is 0 Å². The highest BCUT2D eigenvalue weighted by Crippen LogP contribution is 2.31. The van der Waals surface area contributed by atoms with E-state index < -0.39 is 0 Å². The van der Waals surface area contributed by atoms with Crippen LogP contribution in [0.15, 0.2) is 53.7 Å². The molecule has 0 saturated carbocycles. The molecule has 0 atom stereocenters. The molecule has 2 aromatic carbocycles. The summed E-state index contributed by atoms with van der Waals surface area (Å²) < 4.78 is 13.2. The van der Waals surface area contributed by atoms with E-state index in [1.54, 1.807) is 18.9 Å². The van der Waals surface area contributed by atoms with Crippen LogP contribution in [0.5, 0.6) is 5.75 Å². The van der Waals surface area contributed by atoms with Crippen LogP contribution in [0.25, 0.3) is 0 Å². The highest BCUT2D eigenvalue weighted by atomic mass is 35.5. The molecule has 0 radical (unpaired) electrons. The number of nitrogens with zero attached hydrogens (tertiary/aromatic N) is 4. The monoisotopic (exact) mass is 430 g/mol. The molecular formula is C21H23ClN4O2S. The standard InChI is InChI=1S/C21H23ClN4O2S/c1-27-19-8-7-18(22)13-17(19)15-29-21-24-23-20(25-9-11-28-12-10-25)26(21)14-16-5-3-2-4-6-16/h2-8,13H,9-12,14-15H2,1H3. The third-order valence-corrected chi connectivity index (χ3v) is 6.02. The van der Waals surface area contributed by atoms with Crippen molar-refractivity contribution in [3.05, 3.63) is 64.7 Å². The van der Waals surface area contributed by atoms with Gasteiger partial charge >= 0.3 is 0 Å². The Morgan fingerprint density at radius 2 is 1.90 bits per heavy atom. The largest absolute Gasteiger partial charge is 0.496 e. The van der Waals surface area contributed by atoms with Crippen molar-refractivity contribution in [1.82, 2.24) is 14.8 Å². The predicted molar refractivity (Wildman–Crippen MR) is 116 cm³/mol. The first-order valence-electron chi connectivity index (χ1n) is 9.49. The topological polar surface area (TPSA) is 52.4 Å². The summed E-state index contributed by atoms with van der Waals surface area (Å²) in [7, 11) is 1.67. The van der Waals surface area contributed by atoms with Crippen molar-refractivity contribution in [3.8, 4) is 5.75 Å². The van der Waals surface area contributed by atoms with Gasteiger partial charge in [0.25, 0.3) is 0 Å². The molecule has 0 N–H and O–H groups in total. The van der Waals surface area contributed by atoms with Gasteiger partial charge in [-0.15, -0.1) is 10.2 Å². The van der Waals surface area contributed by atoms with E-state index in [2.05, 4.69) is 43.9 Å². The van der Waals surface area contributed by atoms with Crippen LogP contribution < -0.4 is 9.64 Å². The van der Waals surface area contributed by atoms with Gasteiger partial charge in [0.1, 0.15) is 5.75 Å². The summed E-state index contributed by atoms with van der Waals surface area (Å²) in [5, 5.41) is 10.6. The van der Waals surface area contributed by atoms with E-state index in [4.69, 9.17) is 21.1 Å². The number of rotatable bonds is 7. The van der Waals surface area contributed by atoms with Crippen molar-refractivity contribution in [3.63, 3.8) is 0 Å². The molecule has 1 saturated heterocycles. The zero-order valence-corrected chi connectivity index (χ0v) is 17.8. The summed E-state index contributed by atoms with van der Waals surface area (Å²) in [5.74, 6) is 2.40. The fourth-order valence-electron chi connectivity index (χ4n) is 3.29. The van der Waals surface area contributed by atoms with Crippen molar-refractivity contribution in [1.29, 1.82) is 0 Å². The highest BCUT2D eigenvalue weighted by molar-refractivity contribution is 7.98. The Bertz CT molecular complexity index is 945. The lowest BCUT2D eigenvalue weighted by atomic mass is 10.2. The lowest BCUT2D eigenvalue weighted by Gasteiger charge is -2.28. The normalized spacial score (nSPS) is 14.2. The Labute approximate surface area is 179 Å². The molecule has 3 aromatic rings. The third-order valence-electron chi connectivity index (χ3n) is 4.77. The minimum Gasteiger partial charge on any atom is -0.496 e. The third kappa shape index (κ3) is 4.86. The summed E-state index contributed by atoms with van der Waals surface area (Å²) in [6.07, 6.45) is 0. The number of morpholine rings is 1. The van der Waals surface area contributed by atoms with E-state index >= 15 is 0 Å². The van der Waals surface area contributed by atoms with E-state index in [0.717, 1.165) is 42.1 Å². The molecule has 0 amide bonds. The molecule has 8 heteroatoms. The van der Waals surface area contributed by atoms with E-state index in [0.29, 0.717) is 24.0 Å². The van der Waals surface area contributed by atoms with Gasteiger partial charge in [0.05, 0.1) is 26.9 Å². The minimum absolute atomic E-state index is 0.694. The second-order valence-electron chi connectivity index (χ2n) is 6.70. The maximum absolute atomic E-state index is 6.18. The molecule has 2 heterocycles. The number of benzene rings is 2. The summed E-state index contributed by atoms with van der Waals surface area (Å²) >= 11 is 7.82. The first-order valence-corrected chi connectivity index (χ1v) is 10.9. The molecule has 0 aliphatic carbocycles. The molecule has 4 rings (SSSR count). The first-order chi connectivity index (χ1) is 14.2. The molecule has 6 nitrogen and oxygen atoms in total. The summed E-state index contributed by atoms with van der Waals surface area (Å²) in [5.41, 5.74) is 2.25. The molecule has 29 heavy (non-hydrogen) atoms. The average Bonchev–Trinajstić information content (AvgIpc) is 3.16. The number of thioether (sulfide) groups is 1. The number of methoxy groups -OCH3 is 1. The van der Waals surface area contributed by atoms with E-state index in [-0.39, 0.29) is 0 Å². The van der Waals surface area contributed by atoms with Crippen LogP contribution in [0.1, 0.15) is 11.1 Å².